The molecule has 0 aromatic carbocycles. The molecule has 0 saturated heterocycles. The quantitative estimate of drug-likeness (QED) is 0.858. The molecule has 1 aromatic heterocycles. The predicted molar refractivity (Wildman–Crippen MR) is 68.9 cm³/mol. The van der Waals surface area contributed by atoms with Gasteiger partial charge in [0.25, 0.3) is 0 Å². The fraction of sp³-hybridized carbons (Fsp3) is 0.643. The van der Waals surface area contributed by atoms with Gasteiger partial charge in [-0.25, -0.2) is 4.98 Å². The Morgan fingerprint density at radius 3 is 2.63 bits per heavy atom. The van der Waals surface area contributed by atoms with E-state index in [4.69, 9.17) is 0 Å². The maximum atomic E-state index is 12.6. The van der Waals surface area contributed by atoms with Crippen LogP contribution in [0.25, 0.3) is 0 Å². The number of halogens is 3. The molecule has 1 fully saturated rings. The molecule has 1 unspecified atom stereocenters. The summed E-state index contributed by atoms with van der Waals surface area (Å²) in [5.41, 5.74) is -0.750. The minimum atomic E-state index is -4.39. The second kappa shape index (κ2) is 5.02. The second-order valence-electron chi connectivity index (χ2n) is 5.84. The Hall–Kier alpha value is -1.26. The minimum Gasteiger partial charge on any atom is -0.367 e. The summed E-state index contributed by atoms with van der Waals surface area (Å²) < 4.78 is 37.8. The van der Waals surface area contributed by atoms with Crippen LogP contribution in [0.1, 0.15) is 45.2 Å². The zero-order valence-electron chi connectivity index (χ0n) is 11.2. The van der Waals surface area contributed by atoms with E-state index in [1.807, 2.05) is 0 Å². The topological polar surface area (TPSA) is 24.9 Å². The molecule has 0 amide bonds. The van der Waals surface area contributed by atoms with Gasteiger partial charge in [0.05, 0.1) is 0 Å². The third-order valence-corrected chi connectivity index (χ3v) is 3.87. The van der Waals surface area contributed by atoms with Gasteiger partial charge in [0.2, 0.25) is 0 Å². The summed E-state index contributed by atoms with van der Waals surface area (Å²) in [4.78, 5) is 3.67. The van der Waals surface area contributed by atoms with Crippen molar-refractivity contribution in [2.75, 3.05) is 5.32 Å². The van der Waals surface area contributed by atoms with Crippen LogP contribution in [0.4, 0.5) is 19.0 Å². The van der Waals surface area contributed by atoms with Crippen molar-refractivity contribution in [1.82, 2.24) is 4.98 Å². The first-order valence-electron chi connectivity index (χ1n) is 6.60. The standard InChI is InChI=1S/C14H19F3N2/c1-13(2)9-4-3-6-10(13)18-12-8-5-7-11(19-12)14(15,16)17/h5,7-8,10H,3-4,6,9H2,1-2H3,(H,18,19). The molecule has 1 aliphatic rings. The zero-order valence-corrected chi connectivity index (χ0v) is 11.2. The average Bonchev–Trinajstić information content (AvgIpc) is 2.31. The van der Waals surface area contributed by atoms with E-state index in [9.17, 15) is 13.2 Å². The van der Waals surface area contributed by atoms with Gasteiger partial charge in [0.1, 0.15) is 11.5 Å². The van der Waals surface area contributed by atoms with Crippen LogP contribution in [-0.2, 0) is 6.18 Å². The first-order valence-corrected chi connectivity index (χ1v) is 6.60. The highest BCUT2D eigenvalue weighted by Gasteiger charge is 2.34. The van der Waals surface area contributed by atoms with E-state index < -0.39 is 11.9 Å². The van der Waals surface area contributed by atoms with E-state index in [1.165, 1.54) is 12.5 Å². The fourth-order valence-corrected chi connectivity index (χ4v) is 2.61. The first-order chi connectivity index (χ1) is 8.79. The number of hydrogen-bond donors (Lipinski definition) is 1. The van der Waals surface area contributed by atoms with Crippen LogP contribution in [-0.4, -0.2) is 11.0 Å². The number of alkyl halides is 3. The van der Waals surface area contributed by atoms with Crippen molar-refractivity contribution in [1.29, 1.82) is 0 Å². The van der Waals surface area contributed by atoms with Gasteiger partial charge < -0.3 is 5.32 Å². The largest absolute Gasteiger partial charge is 0.433 e. The van der Waals surface area contributed by atoms with E-state index in [1.54, 1.807) is 6.07 Å². The molecule has 2 rings (SSSR count). The molecule has 0 radical (unpaired) electrons. The smallest absolute Gasteiger partial charge is 0.367 e. The van der Waals surface area contributed by atoms with Gasteiger partial charge in [-0.3, -0.25) is 0 Å². The third kappa shape index (κ3) is 3.39. The van der Waals surface area contributed by atoms with E-state index in [0.29, 0.717) is 5.82 Å². The number of hydrogen-bond acceptors (Lipinski definition) is 2. The summed E-state index contributed by atoms with van der Waals surface area (Å²) in [6.45, 7) is 4.30. The molecule has 1 aliphatic carbocycles. The van der Waals surface area contributed by atoms with Gasteiger partial charge in [0, 0.05) is 6.04 Å². The van der Waals surface area contributed by atoms with Crippen molar-refractivity contribution in [3.05, 3.63) is 23.9 Å². The lowest BCUT2D eigenvalue weighted by molar-refractivity contribution is -0.141. The Bertz CT molecular complexity index is 441. The lowest BCUT2D eigenvalue weighted by Crippen LogP contribution is -2.39. The zero-order chi connectivity index (χ0) is 14.1. The molecule has 0 spiro atoms. The SMILES string of the molecule is CC1(C)CCCCC1Nc1cccc(C(F)(F)F)n1. The van der Waals surface area contributed by atoms with Crippen LogP contribution in [0.2, 0.25) is 0 Å². The number of nitrogens with one attached hydrogen (secondary N) is 1. The summed E-state index contributed by atoms with van der Waals surface area (Å²) in [6.07, 6.45) is -0.0322. The van der Waals surface area contributed by atoms with Crippen molar-refractivity contribution in [2.24, 2.45) is 5.41 Å². The summed E-state index contributed by atoms with van der Waals surface area (Å²) in [5, 5.41) is 3.17. The molecule has 0 bridgehead atoms. The molecule has 106 valence electrons. The summed E-state index contributed by atoms with van der Waals surface area (Å²) >= 11 is 0. The molecule has 2 nitrogen and oxygen atoms in total. The maximum absolute atomic E-state index is 12.6. The number of anilines is 1. The van der Waals surface area contributed by atoms with Crippen LogP contribution >= 0.6 is 0 Å². The van der Waals surface area contributed by atoms with Crippen molar-refractivity contribution >= 4 is 5.82 Å². The monoisotopic (exact) mass is 272 g/mol. The van der Waals surface area contributed by atoms with Crippen LogP contribution in [0.5, 0.6) is 0 Å². The predicted octanol–water partition coefficient (Wildman–Crippen LogP) is 4.48. The second-order valence-corrected chi connectivity index (χ2v) is 5.84. The molecule has 1 atom stereocenters. The van der Waals surface area contributed by atoms with Gasteiger partial charge >= 0.3 is 6.18 Å². The molecule has 0 aliphatic heterocycles. The number of aromatic nitrogens is 1. The van der Waals surface area contributed by atoms with Crippen LogP contribution < -0.4 is 5.32 Å². The average molecular weight is 272 g/mol. The summed E-state index contributed by atoms with van der Waals surface area (Å²) in [5.74, 6) is 0.315. The first kappa shape index (κ1) is 14.2. The molecular formula is C14H19F3N2. The van der Waals surface area contributed by atoms with Gasteiger partial charge in [-0.1, -0.05) is 32.8 Å². The molecular weight excluding hydrogens is 253 g/mol. The number of pyridine rings is 1. The van der Waals surface area contributed by atoms with Gasteiger partial charge in [0.15, 0.2) is 0 Å². The lowest BCUT2D eigenvalue weighted by Gasteiger charge is -2.39. The van der Waals surface area contributed by atoms with Crippen molar-refractivity contribution < 1.29 is 13.2 Å². The Kier molecular flexibility index (Phi) is 3.74. The highest BCUT2D eigenvalue weighted by atomic mass is 19.4. The van der Waals surface area contributed by atoms with Gasteiger partial charge in [-0.15, -0.1) is 0 Å². The molecule has 1 aromatic rings. The van der Waals surface area contributed by atoms with E-state index in [2.05, 4.69) is 24.1 Å². The van der Waals surface area contributed by atoms with Gasteiger partial charge in [-0.2, -0.15) is 13.2 Å². The molecule has 1 N–H and O–H groups in total. The normalized spacial score (nSPS) is 23.1. The van der Waals surface area contributed by atoms with E-state index in [-0.39, 0.29) is 11.5 Å². The molecule has 1 saturated carbocycles. The Balaban J connectivity index is 2.15. The van der Waals surface area contributed by atoms with Crippen molar-refractivity contribution in [3.8, 4) is 0 Å². The van der Waals surface area contributed by atoms with E-state index >= 15 is 0 Å². The highest BCUT2D eigenvalue weighted by molar-refractivity contribution is 5.37. The van der Waals surface area contributed by atoms with Crippen molar-refractivity contribution in [3.63, 3.8) is 0 Å². The van der Waals surface area contributed by atoms with Crippen molar-refractivity contribution in [2.45, 2.75) is 51.7 Å². The Labute approximate surface area is 111 Å². The highest BCUT2D eigenvalue weighted by Crippen LogP contribution is 2.37. The molecule has 1 heterocycles. The maximum Gasteiger partial charge on any atom is 0.433 e. The van der Waals surface area contributed by atoms with Crippen LogP contribution in [0.15, 0.2) is 18.2 Å². The van der Waals surface area contributed by atoms with E-state index in [0.717, 1.165) is 25.3 Å². The number of nitrogens with zero attached hydrogens (tertiary/aromatic N) is 1. The fourth-order valence-electron chi connectivity index (χ4n) is 2.61. The summed E-state index contributed by atoms with van der Waals surface area (Å²) in [7, 11) is 0. The van der Waals surface area contributed by atoms with Crippen LogP contribution in [0, 0.1) is 5.41 Å². The summed E-state index contributed by atoms with van der Waals surface area (Å²) in [6, 6.07) is 4.17. The Morgan fingerprint density at radius 2 is 2.00 bits per heavy atom. The Morgan fingerprint density at radius 1 is 1.26 bits per heavy atom. The lowest BCUT2D eigenvalue weighted by atomic mass is 9.73. The van der Waals surface area contributed by atoms with Crippen LogP contribution in [0.3, 0.4) is 0 Å². The third-order valence-electron chi connectivity index (χ3n) is 3.87. The molecule has 5 heteroatoms. The molecule has 19 heavy (non-hydrogen) atoms. The minimum absolute atomic E-state index is 0.0914. The number of rotatable bonds is 2. The van der Waals surface area contributed by atoms with Gasteiger partial charge in [-0.05, 0) is 30.4 Å².